The van der Waals surface area contributed by atoms with Crippen LogP contribution in [0.3, 0.4) is 0 Å². The Balaban J connectivity index is 2.50. The van der Waals surface area contributed by atoms with Crippen molar-refractivity contribution in [2.24, 2.45) is 0 Å². The van der Waals surface area contributed by atoms with E-state index < -0.39 is 44.0 Å². The molecule has 0 aliphatic carbocycles. The summed E-state index contributed by atoms with van der Waals surface area (Å²) in [6, 6.07) is 6.13. The number of carboxylic acid groups (broad SMARTS) is 2. The molecule has 0 heterocycles. The van der Waals surface area contributed by atoms with Crippen LogP contribution in [0.2, 0.25) is 5.02 Å². The van der Waals surface area contributed by atoms with Crippen molar-refractivity contribution in [3.8, 4) is 0 Å². The van der Waals surface area contributed by atoms with Gasteiger partial charge in [-0.3, -0.25) is 4.72 Å². The lowest BCUT2D eigenvalue weighted by molar-refractivity contribution is 0.0599. The first kappa shape index (κ1) is 20.2. The van der Waals surface area contributed by atoms with Gasteiger partial charge in [0.15, 0.2) is 0 Å². The Morgan fingerprint density at radius 1 is 1.00 bits per heavy atom. The average Bonchev–Trinajstić information content (AvgIpc) is 2.61. The monoisotopic (exact) mass is 413 g/mol. The van der Waals surface area contributed by atoms with Gasteiger partial charge in [0, 0.05) is 5.69 Å². The summed E-state index contributed by atoms with van der Waals surface area (Å²) in [5.74, 6) is -3.77. The summed E-state index contributed by atoms with van der Waals surface area (Å²) in [7, 11) is -3.23. The van der Waals surface area contributed by atoms with Crippen molar-refractivity contribution in [2.75, 3.05) is 11.8 Å². The molecule has 0 bridgehead atoms. The van der Waals surface area contributed by atoms with Crippen molar-refractivity contribution in [2.45, 2.75) is 4.90 Å². The lowest BCUT2D eigenvalue weighted by atomic mass is 10.1. The fourth-order valence-corrected chi connectivity index (χ4v) is 3.38. The second-order valence-corrected chi connectivity index (χ2v) is 7.24. The van der Waals surface area contributed by atoms with Crippen molar-refractivity contribution < 1.29 is 37.8 Å². The van der Waals surface area contributed by atoms with Crippen molar-refractivity contribution in [3.05, 3.63) is 58.1 Å². The number of esters is 1. The van der Waals surface area contributed by atoms with Gasteiger partial charge in [0.1, 0.15) is 0 Å². The third kappa shape index (κ3) is 4.54. The topological polar surface area (TPSA) is 147 Å². The van der Waals surface area contributed by atoms with Crippen molar-refractivity contribution in [1.29, 1.82) is 0 Å². The minimum atomic E-state index is -4.36. The van der Waals surface area contributed by atoms with Gasteiger partial charge in [-0.25, -0.2) is 22.8 Å². The maximum absolute atomic E-state index is 12.5. The van der Waals surface area contributed by atoms with Gasteiger partial charge in [0.25, 0.3) is 10.0 Å². The van der Waals surface area contributed by atoms with E-state index in [4.69, 9.17) is 21.8 Å². The molecule has 0 amide bonds. The van der Waals surface area contributed by atoms with Crippen LogP contribution in [-0.4, -0.2) is 43.6 Å². The quantitative estimate of drug-likeness (QED) is 0.611. The molecule has 27 heavy (non-hydrogen) atoms. The highest BCUT2D eigenvalue weighted by molar-refractivity contribution is 7.92. The first-order valence-electron chi connectivity index (χ1n) is 7.07. The third-order valence-corrected chi connectivity index (χ3v) is 5.02. The summed E-state index contributed by atoms with van der Waals surface area (Å²) in [5, 5.41) is 18.1. The summed E-state index contributed by atoms with van der Waals surface area (Å²) >= 11 is 5.86. The van der Waals surface area contributed by atoms with Gasteiger partial charge in [0.2, 0.25) is 0 Å². The Morgan fingerprint density at radius 3 is 2.04 bits per heavy atom. The first-order chi connectivity index (χ1) is 12.5. The maximum atomic E-state index is 12.5. The number of carbonyl (C=O) groups excluding carboxylic acids is 1. The second-order valence-electron chi connectivity index (χ2n) is 5.15. The van der Waals surface area contributed by atoms with Gasteiger partial charge in [-0.1, -0.05) is 11.6 Å². The van der Waals surface area contributed by atoms with Crippen LogP contribution in [0.5, 0.6) is 0 Å². The van der Waals surface area contributed by atoms with E-state index in [1.54, 1.807) is 0 Å². The molecule has 2 aromatic carbocycles. The second kappa shape index (κ2) is 7.64. The zero-order chi connectivity index (χ0) is 20.4. The van der Waals surface area contributed by atoms with Crippen LogP contribution < -0.4 is 4.72 Å². The Kier molecular flexibility index (Phi) is 5.72. The molecule has 9 nitrogen and oxygen atoms in total. The molecule has 2 rings (SSSR count). The number of methoxy groups -OCH3 is 1. The van der Waals surface area contributed by atoms with Crippen LogP contribution >= 0.6 is 11.6 Å². The molecular formula is C16H12ClNO8S. The van der Waals surface area contributed by atoms with Crippen LogP contribution in [0, 0.1) is 0 Å². The number of anilines is 1. The van der Waals surface area contributed by atoms with Crippen molar-refractivity contribution in [3.63, 3.8) is 0 Å². The van der Waals surface area contributed by atoms with E-state index in [1.165, 1.54) is 12.1 Å². The van der Waals surface area contributed by atoms with Crippen molar-refractivity contribution in [1.82, 2.24) is 0 Å². The van der Waals surface area contributed by atoms with Crippen LogP contribution in [0.1, 0.15) is 31.1 Å². The molecule has 0 saturated carbocycles. The molecule has 11 heteroatoms. The summed E-state index contributed by atoms with van der Waals surface area (Å²) < 4.78 is 31.8. The number of sulfonamides is 1. The molecule has 0 unspecified atom stereocenters. The van der Waals surface area contributed by atoms with E-state index in [-0.39, 0.29) is 16.3 Å². The number of rotatable bonds is 6. The van der Waals surface area contributed by atoms with E-state index in [9.17, 15) is 22.8 Å². The Labute approximate surface area is 158 Å². The largest absolute Gasteiger partial charge is 0.478 e. The molecule has 0 saturated heterocycles. The summed E-state index contributed by atoms with van der Waals surface area (Å²) in [6.45, 7) is 0. The molecule has 0 aliphatic rings. The number of hydrogen-bond acceptors (Lipinski definition) is 6. The van der Waals surface area contributed by atoms with Crippen molar-refractivity contribution >= 4 is 45.2 Å². The number of halogens is 1. The van der Waals surface area contributed by atoms with Crippen LogP contribution in [0.25, 0.3) is 0 Å². The van der Waals surface area contributed by atoms with Crippen LogP contribution in [0.15, 0.2) is 41.3 Å². The summed E-state index contributed by atoms with van der Waals surface area (Å²) in [4.78, 5) is 33.3. The number of nitrogens with one attached hydrogen (secondary N) is 1. The lowest BCUT2D eigenvalue weighted by Crippen LogP contribution is -2.16. The number of ether oxygens (including phenoxy) is 1. The predicted octanol–water partition coefficient (Wildman–Crippen LogP) is 2.32. The number of carboxylic acids is 2. The molecule has 0 radical (unpaired) electrons. The van der Waals surface area contributed by atoms with Gasteiger partial charge in [0.05, 0.1) is 33.7 Å². The lowest BCUT2D eigenvalue weighted by Gasteiger charge is -2.11. The fraction of sp³-hybridized carbons (Fsp3) is 0.0625. The summed E-state index contributed by atoms with van der Waals surface area (Å²) in [5.41, 5.74) is -1.18. The number of aromatic carboxylic acids is 2. The standard InChI is InChI=1S/C16H12ClNO8S/c1-26-16(23)12-7-10(2-3-13(12)17)18-27(24,25)11-5-8(14(19)20)4-9(6-11)15(21)22/h2-7,18H,1H3,(H,19,20)(H,21,22). The van der Waals surface area contributed by atoms with Crippen LogP contribution in [0.4, 0.5) is 5.69 Å². The van der Waals surface area contributed by atoms with E-state index in [0.717, 1.165) is 31.4 Å². The Hall–Kier alpha value is -3.11. The van der Waals surface area contributed by atoms with E-state index in [0.29, 0.717) is 0 Å². The highest BCUT2D eigenvalue weighted by atomic mass is 35.5. The SMILES string of the molecule is COC(=O)c1cc(NS(=O)(=O)c2cc(C(=O)O)cc(C(=O)O)c2)ccc1Cl. The molecule has 0 spiro atoms. The first-order valence-corrected chi connectivity index (χ1v) is 8.93. The third-order valence-electron chi connectivity index (χ3n) is 3.33. The van der Waals surface area contributed by atoms with E-state index in [2.05, 4.69) is 9.46 Å². The van der Waals surface area contributed by atoms with Gasteiger partial charge in [-0.2, -0.15) is 0 Å². The zero-order valence-corrected chi connectivity index (χ0v) is 15.2. The van der Waals surface area contributed by atoms with E-state index >= 15 is 0 Å². The van der Waals surface area contributed by atoms with Gasteiger partial charge < -0.3 is 14.9 Å². The van der Waals surface area contributed by atoms with Crippen LogP contribution in [-0.2, 0) is 14.8 Å². The number of carbonyl (C=O) groups is 3. The fourth-order valence-electron chi connectivity index (χ4n) is 2.07. The minimum Gasteiger partial charge on any atom is -0.478 e. The molecule has 3 N–H and O–H groups in total. The molecule has 2 aromatic rings. The molecule has 142 valence electrons. The van der Waals surface area contributed by atoms with E-state index in [1.807, 2.05) is 0 Å². The van der Waals surface area contributed by atoms with Gasteiger partial charge >= 0.3 is 17.9 Å². The number of hydrogen-bond donors (Lipinski definition) is 3. The highest BCUT2D eigenvalue weighted by Crippen LogP contribution is 2.24. The highest BCUT2D eigenvalue weighted by Gasteiger charge is 2.21. The minimum absolute atomic E-state index is 0.0332. The zero-order valence-electron chi connectivity index (χ0n) is 13.6. The van der Waals surface area contributed by atoms with Gasteiger partial charge in [-0.15, -0.1) is 0 Å². The Morgan fingerprint density at radius 2 is 1.56 bits per heavy atom. The molecule has 0 aliphatic heterocycles. The predicted molar refractivity (Wildman–Crippen MR) is 94.0 cm³/mol. The number of benzene rings is 2. The average molecular weight is 414 g/mol. The molecule has 0 aromatic heterocycles. The normalized spacial score (nSPS) is 10.9. The summed E-state index contributed by atoms with van der Waals surface area (Å²) in [6.07, 6.45) is 0. The molecule has 0 atom stereocenters. The Bertz CT molecular complexity index is 1020. The van der Waals surface area contributed by atoms with Gasteiger partial charge in [-0.05, 0) is 36.4 Å². The smallest absolute Gasteiger partial charge is 0.339 e. The molecule has 0 fully saturated rings. The maximum Gasteiger partial charge on any atom is 0.339 e. The molecular weight excluding hydrogens is 402 g/mol.